The standard InChI is InChI=1S/C13H21NO4/c1-16-11-5-3-6-12(17-2)13(11)18-10-4-7-14-8-9-15/h3,5-6,14-15H,4,7-10H2,1-2H3. The number of methoxy groups -OCH3 is 2. The van der Waals surface area contributed by atoms with Crippen molar-refractivity contribution in [3.63, 3.8) is 0 Å². The molecule has 102 valence electrons. The van der Waals surface area contributed by atoms with Crippen LogP contribution in [0.5, 0.6) is 17.2 Å². The highest BCUT2D eigenvalue weighted by Crippen LogP contribution is 2.36. The van der Waals surface area contributed by atoms with Crippen LogP contribution in [0.1, 0.15) is 6.42 Å². The molecule has 2 N–H and O–H groups in total. The molecule has 1 aromatic rings. The number of para-hydroxylation sites is 1. The van der Waals surface area contributed by atoms with E-state index in [9.17, 15) is 0 Å². The minimum atomic E-state index is 0.154. The molecule has 5 heteroatoms. The molecule has 0 heterocycles. The van der Waals surface area contributed by atoms with Crippen LogP contribution >= 0.6 is 0 Å². The van der Waals surface area contributed by atoms with Crippen LogP contribution in [0.2, 0.25) is 0 Å². The predicted molar refractivity (Wildman–Crippen MR) is 69.6 cm³/mol. The van der Waals surface area contributed by atoms with Gasteiger partial charge in [-0.2, -0.15) is 0 Å². The van der Waals surface area contributed by atoms with E-state index in [1.54, 1.807) is 14.2 Å². The summed E-state index contributed by atoms with van der Waals surface area (Å²) in [6.45, 7) is 2.13. The number of aliphatic hydroxyl groups excluding tert-OH is 1. The molecule has 0 saturated heterocycles. The number of aliphatic hydroxyl groups is 1. The highest BCUT2D eigenvalue weighted by molar-refractivity contribution is 5.51. The first-order chi connectivity index (χ1) is 8.83. The van der Waals surface area contributed by atoms with Gasteiger partial charge in [-0.05, 0) is 25.1 Å². The van der Waals surface area contributed by atoms with Crippen molar-refractivity contribution in [2.45, 2.75) is 6.42 Å². The molecule has 0 aliphatic rings. The van der Waals surface area contributed by atoms with E-state index in [2.05, 4.69) is 5.32 Å². The Labute approximate surface area is 108 Å². The van der Waals surface area contributed by atoms with Gasteiger partial charge in [-0.15, -0.1) is 0 Å². The van der Waals surface area contributed by atoms with E-state index in [0.717, 1.165) is 13.0 Å². The van der Waals surface area contributed by atoms with Crippen LogP contribution in [0.15, 0.2) is 18.2 Å². The molecule has 1 aromatic carbocycles. The topological polar surface area (TPSA) is 60.0 Å². The van der Waals surface area contributed by atoms with Gasteiger partial charge in [0.15, 0.2) is 11.5 Å². The zero-order valence-electron chi connectivity index (χ0n) is 10.9. The van der Waals surface area contributed by atoms with Gasteiger partial charge in [-0.1, -0.05) is 6.07 Å². The average molecular weight is 255 g/mol. The third-order valence-electron chi connectivity index (χ3n) is 2.42. The second-order valence-corrected chi connectivity index (χ2v) is 3.67. The Bertz CT molecular complexity index is 322. The molecule has 0 bridgehead atoms. The Balaban J connectivity index is 2.45. The second kappa shape index (κ2) is 8.60. The monoisotopic (exact) mass is 255 g/mol. The first-order valence-electron chi connectivity index (χ1n) is 5.98. The van der Waals surface area contributed by atoms with E-state index in [1.807, 2.05) is 18.2 Å². The highest BCUT2D eigenvalue weighted by atomic mass is 16.5. The molecular formula is C13H21NO4. The maximum absolute atomic E-state index is 8.61. The second-order valence-electron chi connectivity index (χ2n) is 3.67. The van der Waals surface area contributed by atoms with Crippen molar-refractivity contribution in [2.24, 2.45) is 0 Å². The van der Waals surface area contributed by atoms with Gasteiger partial charge in [-0.3, -0.25) is 0 Å². The fourth-order valence-corrected chi connectivity index (χ4v) is 1.53. The first-order valence-corrected chi connectivity index (χ1v) is 5.98. The SMILES string of the molecule is COc1cccc(OC)c1OCCCNCCO. The number of benzene rings is 1. The molecule has 0 atom stereocenters. The Hall–Kier alpha value is -1.46. The molecule has 1 rings (SSSR count). The first kappa shape index (κ1) is 14.6. The summed E-state index contributed by atoms with van der Waals surface area (Å²) in [7, 11) is 3.20. The Morgan fingerprint density at radius 1 is 1.11 bits per heavy atom. The van der Waals surface area contributed by atoms with E-state index >= 15 is 0 Å². The molecule has 0 aliphatic heterocycles. The molecule has 5 nitrogen and oxygen atoms in total. The lowest BCUT2D eigenvalue weighted by molar-refractivity contribution is 0.263. The molecule has 0 aliphatic carbocycles. The van der Waals surface area contributed by atoms with Crippen molar-refractivity contribution in [3.8, 4) is 17.2 Å². The Morgan fingerprint density at radius 2 is 1.78 bits per heavy atom. The Kier molecular flexibility index (Phi) is 6.98. The van der Waals surface area contributed by atoms with Crippen molar-refractivity contribution in [3.05, 3.63) is 18.2 Å². The molecule has 0 radical (unpaired) electrons. The normalized spacial score (nSPS) is 10.2. The summed E-state index contributed by atoms with van der Waals surface area (Å²) in [5.41, 5.74) is 0. The lowest BCUT2D eigenvalue weighted by Crippen LogP contribution is -2.20. The summed E-state index contributed by atoms with van der Waals surface area (Å²) in [5.74, 6) is 1.96. The molecule has 0 fully saturated rings. The van der Waals surface area contributed by atoms with Crippen molar-refractivity contribution in [1.82, 2.24) is 5.32 Å². The van der Waals surface area contributed by atoms with E-state index in [0.29, 0.717) is 30.4 Å². The molecule has 18 heavy (non-hydrogen) atoms. The van der Waals surface area contributed by atoms with Crippen LogP contribution in [-0.4, -0.2) is 45.6 Å². The lowest BCUT2D eigenvalue weighted by Gasteiger charge is -2.14. The molecular weight excluding hydrogens is 234 g/mol. The summed E-state index contributed by atoms with van der Waals surface area (Å²) in [6, 6.07) is 5.52. The minimum absolute atomic E-state index is 0.154. The van der Waals surface area contributed by atoms with Crippen LogP contribution in [0, 0.1) is 0 Å². The number of hydrogen-bond acceptors (Lipinski definition) is 5. The van der Waals surface area contributed by atoms with Crippen LogP contribution < -0.4 is 19.5 Å². The summed E-state index contributed by atoms with van der Waals surface area (Å²) >= 11 is 0. The van der Waals surface area contributed by atoms with Gasteiger partial charge in [0, 0.05) is 6.54 Å². The molecule has 0 unspecified atom stereocenters. The number of hydrogen-bond donors (Lipinski definition) is 2. The van der Waals surface area contributed by atoms with Crippen molar-refractivity contribution in [1.29, 1.82) is 0 Å². The van der Waals surface area contributed by atoms with Crippen LogP contribution in [-0.2, 0) is 0 Å². The molecule has 0 spiro atoms. The lowest BCUT2D eigenvalue weighted by atomic mass is 10.3. The van der Waals surface area contributed by atoms with Gasteiger partial charge < -0.3 is 24.6 Å². The van der Waals surface area contributed by atoms with E-state index in [4.69, 9.17) is 19.3 Å². The number of ether oxygens (including phenoxy) is 3. The fourth-order valence-electron chi connectivity index (χ4n) is 1.53. The molecule has 0 saturated carbocycles. The van der Waals surface area contributed by atoms with Gasteiger partial charge in [0.25, 0.3) is 0 Å². The summed E-state index contributed by atoms with van der Waals surface area (Å²) < 4.78 is 16.1. The third kappa shape index (κ3) is 4.43. The van der Waals surface area contributed by atoms with Crippen molar-refractivity contribution < 1.29 is 19.3 Å². The summed E-state index contributed by atoms with van der Waals surface area (Å²) in [5, 5.41) is 11.7. The summed E-state index contributed by atoms with van der Waals surface area (Å²) in [6.07, 6.45) is 0.848. The van der Waals surface area contributed by atoms with E-state index in [-0.39, 0.29) is 6.61 Å². The van der Waals surface area contributed by atoms with Gasteiger partial charge in [0.2, 0.25) is 5.75 Å². The van der Waals surface area contributed by atoms with E-state index in [1.165, 1.54) is 0 Å². The zero-order chi connectivity index (χ0) is 13.2. The molecule has 0 amide bonds. The van der Waals surface area contributed by atoms with Gasteiger partial charge in [0.05, 0.1) is 27.4 Å². The maximum atomic E-state index is 8.61. The Morgan fingerprint density at radius 3 is 2.33 bits per heavy atom. The maximum Gasteiger partial charge on any atom is 0.203 e. The molecule has 0 aromatic heterocycles. The van der Waals surface area contributed by atoms with Crippen molar-refractivity contribution in [2.75, 3.05) is 40.5 Å². The fraction of sp³-hybridized carbons (Fsp3) is 0.538. The quantitative estimate of drug-likeness (QED) is 0.646. The predicted octanol–water partition coefficient (Wildman–Crippen LogP) is 1.05. The summed E-state index contributed by atoms with van der Waals surface area (Å²) in [4.78, 5) is 0. The third-order valence-corrected chi connectivity index (χ3v) is 2.42. The van der Waals surface area contributed by atoms with Crippen LogP contribution in [0.4, 0.5) is 0 Å². The van der Waals surface area contributed by atoms with E-state index < -0.39 is 0 Å². The van der Waals surface area contributed by atoms with Gasteiger partial charge in [-0.25, -0.2) is 0 Å². The average Bonchev–Trinajstić information content (AvgIpc) is 2.42. The number of rotatable bonds is 9. The van der Waals surface area contributed by atoms with Crippen LogP contribution in [0.25, 0.3) is 0 Å². The smallest absolute Gasteiger partial charge is 0.203 e. The highest BCUT2D eigenvalue weighted by Gasteiger charge is 2.10. The van der Waals surface area contributed by atoms with Crippen molar-refractivity contribution >= 4 is 0 Å². The van der Waals surface area contributed by atoms with Crippen LogP contribution in [0.3, 0.4) is 0 Å². The largest absolute Gasteiger partial charge is 0.493 e. The zero-order valence-corrected chi connectivity index (χ0v) is 10.9. The van der Waals surface area contributed by atoms with Gasteiger partial charge >= 0.3 is 0 Å². The minimum Gasteiger partial charge on any atom is -0.493 e. The number of nitrogens with one attached hydrogen (secondary N) is 1. The van der Waals surface area contributed by atoms with Gasteiger partial charge in [0.1, 0.15) is 0 Å².